The largest absolute Gasteiger partial charge is 0.363 e. The van der Waals surface area contributed by atoms with E-state index >= 15 is 0 Å². The lowest BCUT2D eigenvalue weighted by atomic mass is 10.2. The number of hydrogen-bond acceptors (Lipinski definition) is 3. The molecule has 0 aliphatic heterocycles. The molecule has 76 valence electrons. The smallest absolute Gasteiger partial charge is 0.288 e. The summed E-state index contributed by atoms with van der Waals surface area (Å²) in [4.78, 5) is 14.6. The van der Waals surface area contributed by atoms with E-state index in [-0.39, 0.29) is 5.82 Å². The molecule has 5 nitrogen and oxygen atoms in total. The van der Waals surface area contributed by atoms with E-state index in [0.29, 0.717) is 0 Å². The molecule has 5 heteroatoms. The minimum atomic E-state index is -0.624. The molecular formula is C10H10N4O. The van der Waals surface area contributed by atoms with Crippen molar-refractivity contribution in [1.82, 2.24) is 14.8 Å². The van der Waals surface area contributed by atoms with Crippen LogP contribution in [0.2, 0.25) is 0 Å². The summed E-state index contributed by atoms with van der Waals surface area (Å²) >= 11 is 0. The highest BCUT2D eigenvalue weighted by molar-refractivity contribution is 5.88. The number of aryl methyl sites for hydroxylation is 1. The summed E-state index contributed by atoms with van der Waals surface area (Å²) in [5.41, 5.74) is 7.06. The molecule has 2 aromatic rings. The topological polar surface area (TPSA) is 73.8 Å². The second-order valence-electron chi connectivity index (χ2n) is 3.21. The van der Waals surface area contributed by atoms with E-state index in [9.17, 15) is 4.79 Å². The molecule has 1 aromatic carbocycles. The van der Waals surface area contributed by atoms with Gasteiger partial charge in [0.15, 0.2) is 0 Å². The number of nitrogens with two attached hydrogens (primary N) is 1. The highest BCUT2D eigenvalue weighted by Crippen LogP contribution is 2.07. The molecule has 15 heavy (non-hydrogen) atoms. The van der Waals surface area contributed by atoms with E-state index in [1.807, 2.05) is 31.2 Å². The van der Waals surface area contributed by atoms with Crippen LogP contribution in [-0.4, -0.2) is 20.7 Å². The lowest BCUT2D eigenvalue weighted by molar-refractivity contribution is 0.0990. The lowest BCUT2D eigenvalue weighted by Gasteiger charge is -1.99. The van der Waals surface area contributed by atoms with Gasteiger partial charge in [-0.25, -0.2) is 9.67 Å². The van der Waals surface area contributed by atoms with Gasteiger partial charge in [-0.05, 0) is 19.1 Å². The predicted molar refractivity (Wildman–Crippen MR) is 54.6 cm³/mol. The second kappa shape index (κ2) is 3.53. The maximum absolute atomic E-state index is 10.8. The summed E-state index contributed by atoms with van der Waals surface area (Å²) in [6.45, 7) is 2.00. The molecule has 1 amide bonds. The van der Waals surface area contributed by atoms with Gasteiger partial charge in [0, 0.05) is 0 Å². The number of nitrogens with zero attached hydrogens (tertiary/aromatic N) is 3. The van der Waals surface area contributed by atoms with E-state index in [4.69, 9.17) is 5.73 Å². The molecule has 0 saturated heterocycles. The Hall–Kier alpha value is -2.17. The van der Waals surface area contributed by atoms with Crippen LogP contribution in [0.1, 0.15) is 16.2 Å². The first-order valence-corrected chi connectivity index (χ1v) is 4.45. The number of hydrogen-bond donors (Lipinski definition) is 1. The predicted octanol–water partition coefficient (Wildman–Crippen LogP) is 0.675. The van der Waals surface area contributed by atoms with Gasteiger partial charge < -0.3 is 5.73 Å². The van der Waals surface area contributed by atoms with Crippen molar-refractivity contribution in [3.63, 3.8) is 0 Å². The summed E-state index contributed by atoms with van der Waals surface area (Å²) in [5, 5.41) is 3.94. The van der Waals surface area contributed by atoms with Gasteiger partial charge in [-0.15, -0.1) is 5.10 Å². The Labute approximate surface area is 86.5 Å². The Morgan fingerprint density at radius 3 is 2.53 bits per heavy atom. The summed E-state index contributed by atoms with van der Waals surface area (Å²) in [5.74, 6) is -0.601. The van der Waals surface area contributed by atoms with Gasteiger partial charge in [0.25, 0.3) is 5.91 Å². The first-order chi connectivity index (χ1) is 7.16. The van der Waals surface area contributed by atoms with Crippen molar-refractivity contribution in [2.75, 3.05) is 0 Å². The van der Waals surface area contributed by atoms with E-state index in [0.717, 1.165) is 11.3 Å². The van der Waals surface area contributed by atoms with Gasteiger partial charge in [0.2, 0.25) is 5.82 Å². The molecule has 0 aliphatic carbocycles. The molecule has 0 bridgehead atoms. The van der Waals surface area contributed by atoms with Crippen LogP contribution in [0.25, 0.3) is 5.69 Å². The number of aromatic nitrogens is 3. The summed E-state index contributed by atoms with van der Waals surface area (Å²) in [6, 6.07) is 7.71. The minimum absolute atomic E-state index is 0.0237. The van der Waals surface area contributed by atoms with Crippen molar-refractivity contribution in [2.45, 2.75) is 6.92 Å². The van der Waals surface area contributed by atoms with Crippen LogP contribution in [0.5, 0.6) is 0 Å². The number of amides is 1. The Balaban J connectivity index is 2.37. The molecule has 1 heterocycles. The molecule has 2 N–H and O–H groups in total. The second-order valence-corrected chi connectivity index (χ2v) is 3.21. The van der Waals surface area contributed by atoms with Gasteiger partial charge in [0.1, 0.15) is 6.33 Å². The molecule has 1 aromatic heterocycles. The van der Waals surface area contributed by atoms with Crippen molar-refractivity contribution in [3.05, 3.63) is 42.0 Å². The molecule has 0 fully saturated rings. The fourth-order valence-corrected chi connectivity index (χ4v) is 1.20. The zero-order valence-electron chi connectivity index (χ0n) is 8.21. The highest BCUT2D eigenvalue weighted by atomic mass is 16.1. The molecule has 0 aliphatic rings. The third-order valence-corrected chi connectivity index (χ3v) is 2.01. The number of carbonyl (C=O) groups is 1. The van der Waals surface area contributed by atoms with Gasteiger partial charge >= 0.3 is 0 Å². The Bertz CT molecular complexity index is 486. The van der Waals surface area contributed by atoms with Crippen molar-refractivity contribution in [2.24, 2.45) is 5.73 Å². The fourth-order valence-electron chi connectivity index (χ4n) is 1.20. The first kappa shape index (κ1) is 9.39. The summed E-state index contributed by atoms with van der Waals surface area (Å²) < 4.78 is 1.51. The lowest BCUT2D eigenvalue weighted by Crippen LogP contribution is -2.13. The molecule has 0 atom stereocenters. The third-order valence-electron chi connectivity index (χ3n) is 2.01. The molecule has 2 rings (SSSR count). The van der Waals surface area contributed by atoms with Crippen molar-refractivity contribution < 1.29 is 4.79 Å². The van der Waals surface area contributed by atoms with E-state index in [1.165, 1.54) is 11.0 Å². The van der Waals surface area contributed by atoms with Gasteiger partial charge in [0.05, 0.1) is 5.69 Å². The quantitative estimate of drug-likeness (QED) is 0.778. The summed E-state index contributed by atoms with van der Waals surface area (Å²) in [7, 11) is 0. The fraction of sp³-hybridized carbons (Fsp3) is 0.100. The molecule has 0 spiro atoms. The van der Waals surface area contributed by atoms with Crippen molar-refractivity contribution in [1.29, 1.82) is 0 Å². The van der Waals surface area contributed by atoms with Gasteiger partial charge in [-0.2, -0.15) is 0 Å². The summed E-state index contributed by atoms with van der Waals surface area (Å²) in [6.07, 6.45) is 1.46. The Morgan fingerprint density at radius 1 is 1.33 bits per heavy atom. The average molecular weight is 202 g/mol. The zero-order chi connectivity index (χ0) is 10.8. The van der Waals surface area contributed by atoms with Gasteiger partial charge in [-0.3, -0.25) is 4.79 Å². The highest BCUT2D eigenvalue weighted by Gasteiger charge is 2.06. The minimum Gasteiger partial charge on any atom is -0.363 e. The van der Waals surface area contributed by atoms with Crippen LogP contribution in [0, 0.1) is 6.92 Å². The normalized spacial score (nSPS) is 10.2. The number of rotatable bonds is 2. The monoisotopic (exact) mass is 202 g/mol. The molecule has 0 saturated carbocycles. The van der Waals surface area contributed by atoms with Crippen molar-refractivity contribution >= 4 is 5.91 Å². The van der Waals surface area contributed by atoms with E-state index < -0.39 is 5.91 Å². The van der Waals surface area contributed by atoms with Crippen LogP contribution in [-0.2, 0) is 0 Å². The molecule has 0 radical (unpaired) electrons. The van der Waals surface area contributed by atoms with Crippen LogP contribution < -0.4 is 5.73 Å². The molecular weight excluding hydrogens is 192 g/mol. The van der Waals surface area contributed by atoms with Crippen LogP contribution in [0.4, 0.5) is 0 Å². The maximum atomic E-state index is 10.8. The van der Waals surface area contributed by atoms with Crippen molar-refractivity contribution in [3.8, 4) is 5.69 Å². The van der Waals surface area contributed by atoms with Crippen LogP contribution in [0.15, 0.2) is 30.6 Å². The average Bonchev–Trinajstić information content (AvgIpc) is 2.68. The number of benzene rings is 1. The Kier molecular flexibility index (Phi) is 2.21. The molecule has 0 unspecified atom stereocenters. The van der Waals surface area contributed by atoms with E-state index in [1.54, 1.807) is 0 Å². The maximum Gasteiger partial charge on any atom is 0.288 e. The standard InChI is InChI=1S/C10H10N4O/c1-7-2-4-8(5-3-7)14-6-12-10(13-14)9(11)15/h2-6H,1H3,(H2,11,15). The SMILES string of the molecule is Cc1ccc(-n2cnc(C(N)=O)n2)cc1. The van der Waals surface area contributed by atoms with Crippen LogP contribution >= 0.6 is 0 Å². The van der Waals surface area contributed by atoms with E-state index in [2.05, 4.69) is 10.1 Å². The number of carbonyl (C=O) groups excluding carboxylic acids is 1. The van der Waals surface area contributed by atoms with Crippen LogP contribution in [0.3, 0.4) is 0 Å². The third kappa shape index (κ3) is 1.85. The number of primary amides is 1. The first-order valence-electron chi connectivity index (χ1n) is 4.45. The zero-order valence-corrected chi connectivity index (χ0v) is 8.21. The Morgan fingerprint density at radius 2 is 2.00 bits per heavy atom. The van der Waals surface area contributed by atoms with Gasteiger partial charge in [-0.1, -0.05) is 17.7 Å².